The fourth-order valence-corrected chi connectivity index (χ4v) is 9.84. The Labute approximate surface area is 358 Å². The number of morpholine rings is 1. The number of nitrogens with zero attached hydrogens (tertiary/aromatic N) is 7. The van der Waals surface area contributed by atoms with Gasteiger partial charge in [-0.3, -0.25) is 29.6 Å². The van der Waals surface area contributed by atoms with Gasteiger partial charge in [-0.1, -0.05) is 43.2 Å². The van der Waals surface area contributed by atoms with Crippen molar-refractivity contribution in [1.82, 2.24) is 29.4 Å². The lowest BCUT2D eigenvalue weighted by Gasteiger charge is -2.39. The SMILES string of the molecule is CC1(C)CCC(CN2CCN(c3ccc(C(=O)NS(=O)(=O)c4ccc(N5CCOCC5)c([N+](=O)[O-])c4)c(-n4[nH]cc5nc6nccc6cc54)c3)CC2)=C(c2ccc(Cl)cc2)C1. The third-order valence-corrected chi connectivity index (χ3v) is 13.7. The number of carbonyl (C=O) groups is 1. The minimum absolute atomic E-state index is 0.0711. The van der Waals surface area contributed by atoms with E-state index in [1.807, 2.05) is 36.4 Å². The lowest BCUT2D eigenvalue weighted by atomic mass is 9.72. The smallest absolute Gasteiger partial charge is 0.293 e. The summed E-state index contributed by atoms with van der Waals surface area (Å²) in [4.78, 5) is 40.8. The Balaban J connectivity index is 0.998. The predicted molar refractivity (Wildman–Crippen MR) is 236 cm³/mol. The number of hydrogen-bond donors (Lipinski definition) is 2. The Morgan fingerprint density at radius 3 is 2.48 bits per heavy atom. The molecule has 3 aromatic heterocycles. The Bertz CT molecular complexity index is 2810. The summed E-state index contributed by atoms with van der Waals surface area (Å²) in [5.74, 6) is -0.897. The maximum Gasteiger partial charge on any atom is 0.293 e. The van der Waals surface area contributed by atoms with Gasteiger partial charge in [-0.15, -0.1) is 0 Å². The normalized spacial score (nSPS) is 17.6. The van der Waals surface area contributed by atoms with Crippen LogP contribution in [0.15, 0.2) is 95.7 Å². The molecule has 1 aliphatic carbocycles. The second-order valence-corrected chi connectivity index (χ2v) is 18.8. The van der Waals surface area contributed by atoms with Gasteiger partial charge in [0.25, 0.3) is 21.6 Å². The van der Waals surface area contributed by atoms with Crippen LogP contribution in [-0.2, 0) is 14.8 Å². The van der Waals surface area contributed by atoms with Gasteiger partial charge in [-0.2, -0.15) is 0 Å². The highest BCUT2D eigenvalue weighted by Crippen LogP contribution is 2.43. The van der Waals surface area contributed by atoms with Crippen molar-refractivity contribution in [2.45, 2.75) is 38.0 Å². The van der Waals surface area contributed by atoms with Gasteiger partial charge in [0.1, 0.15) is 11.2 Å². The van der Waals surface area contributed by atoms with E-state index in [2.05, 4.69) is 55.6 Å². The number of carbonyl (C=O) groups excluding carboxylic acids is 1. The highest BCUT2D eigenvalue weighted by Gasteiger charge is 2.31. The van der Waals surface area contributed by atoms with Crippen molar-refractivity contribution in [2.75, 3.05) is 68.8 Å². The summed E-state index contributed by atoms with van der Waals surface area (Å²) >= 11 is 6.25. The number of amides is 1. The van der Waals surface area contributed by atoms with Crippen LogP contribution >= 0.6 is 11.6 Å². The molecule has 17 heteroatoms. The van der Waals surface area contributed by atoms with E-state index in [-0.39, 0.29) is 22.4 Å². The number of hydrogen-bond acceptors (Lipinski definition) is 11. The molecule has 2 aliphatic heterocycles. The molecule has 0 unspecified atom stereocenters. The van der Waals surface area contributed by atoms with Crippen molar-refractivity contribution < 1.29 is 22.9 Å². The molecule has 1 amide bonds. The number of rotatable bonds is 10. The molecule has 3 aliphatic rings. The molecule has 5 heterocycles. The average molecular weight is 864 g/mol. The second-order valence-electron chi connectivity index (χ2n) is 16.7. The van der Waals surface area contributed by atoms with Gasteiger partial charge >= 0.3 is 0 Å². The summed E-state index contributed by atoms with van der Waals surface area (Å²) in [6.07, 6.45) is 6.59. The monoisotopic (exact) mass is 863 g/mol. The molecule has 0 spiro atoms. The maximum absolute atomic E-state index is 14.2. The highest BCUT2D eigenvalue weighted by molar-refractivity contribution is 7.90. The summed E-state index contributed by atoms with van der Waals surface area (Å²) in [6.45, 7) is 10.4. The van der Waals surface area contributed by atoms with Gasteiger partial charge in [-0.25, -0.2) is 23.1 Å². The fourth-order valence-electron chi connectivity index (χ4n) is 8.73. The number of nitrogens with one attached hydrogen (secondary N) is 2. The number of anilines is 2. The third-order valence-electron chi connectivity index (χ3n) is 12.1. The Hall–Kier alpha value is -5.81. The number of nitro groups is 1. The van der Waals surface area contributed by atoms with Gasteiger partial charge in [0, 0.05) is 80.4 Å². The molecule has 2 N–H and O–H groups in total. The number of H-pyrrole nitrogens is 1. The maximum atomic E-state index is 14.2. The highest BCUT2D eigenvalue weighted by atomic mass is 35.5. The van der Waals surface area contributed by atoms with Crippen LogP contribution in [0.5, 0.6) is 0 Å². The molecular weight excluding hydrogens is 818 g/mol. The molecule has 0 saturated carbocycles. The second kappa shape index (κ2) is 16.2. The topological polar surface area (TPSA) is 172 Å². The third kappa shape index (κ3) is 8.32. The lowest BCUT2D eigenvalue weighted by molar-refractivity contribution is -0.384. The van der Waals surface area contributed by atoms with E-state index in [4.69, 9.17) is 16.3 Å². The number of aromatic amines is 1. The quantitative estimate of drug-likeness (QED) is 0.105. The minimum atomic E-state index is -4.55. The van der Waals surface area contributed by atoms with Gasteiger partial charge in [0.2, 0.25) is 0 Å². The molecule has 0 radical (unpaired) electrons. The van der Waals surface area contributed by atoms with Crippen molar-refractivity contribution >= 4 is 72.2 Å². The minimum Gasteiger partial charge on any atom is -0.378 e. The average Bonchev–Trinajstić information content (AvgIpc) is 3.90. The Morgan fingerprint density at radius 1 is 0.951 bits per heavy atom. The first-order valence-electron chi connectivity index (χ1n) is 20.4. The molecule has 316 valence electrons. The summed E-state index contributed by atoms with van der Waals surface area (Å²) in [7, 11) is -4.55. The van der Waals surface area contributed by atoms with E-state index in [0.717, 1.165) is 74.1 Å². The van der Waals surface area contributed by atoms with Crippen molar-refractivity contribution in [3.63, 3.8) is 0 Å². The van der Waals surface area contributed by atoms with E-state index >= 15 is 0 Å². The lowest BCUT2D eigenvalue weighted by Crippen LogP contribution is -2.47. The largest absolute Gasteiger partial charge is 0.378 e. The van der Waals surface area contributed by atoms with Crippen LogP contribution in [0.3, 0.4) is 0 Å². The van der Waals surface area contributed by atoms with E-state index in [1.165, 1.54) is 28.8 Å². The molecule has 0 atom stereocenters. The molecule has 2 fully saturated rings. The van der Waals surface area contributed by atoms with Crippen LogP contribution in [0.4, 0.5) is 17.1 Å². The zero-order valence-corrected chi connectivity index (χ0v) is 35.5. The number of nitro benzene ring substituents is 1. The molecule has 15 nitrogen and oxygen atoms in total. The first-order chi connectivity index (χ1) is 29.3. The predicted octanol–water partition coefficient (Wildman–Crippen LogP) is 7.20. The summed E-state index contributed by atoms with van der Waals surface area (Å²) < 4.78 is 36.9. The number of aromatic nitrogens is 4. The number of piperazine rings is 1. The molecule has 61 heavy (non-hydrogen) atoms. The van der Waals surface area contributed by atoms with Crippen LogP contribution in [0.1, 0.15) is 49.0 Å². The van der Waals surface area contributed by atoms with Gasteiger partial charge in [-0.05, 0) is 90.4 Å². The van der Waals surface area contributed by atoms with Gasteiger partial charge in [0.15, 0.2) is 5.65 Å². The molecule has 3 aromatic carbocycles. The summed E-state index contributed by atoms with van der Waals surface area (Å²) in [6, 6.07) is 21.0. The number of halogens is 1. The van der Waals surface area contributed by atoms with Crippen molar-refractivity contribution in [1.29, 1.82) is 0 Å². The zero-order valence-electron chi connectivity index (χ0n) is 33.9. The van der Waals surface area contributed by atoms with Gasteiger partial charge < -0.3 is 14.5 Å². The van der Waals surface area contributed by atoms with Crippen LogP contribution in [0.2, 0.25) is 5.02 Å². The van der Waals surface area contributed by atoms with Crippen molar-refractivity contribution in [2.24, 2.45) is 5.41 Å². The van der Waals surface area contributed by atoms with E-state index < -0.39 is 25.7 Å². The Kier molecular flexibility index (Phi) is 10.8. The standard InChI is InChI=1S/C44H46ClN9O6S/c1-44(2)13-11-31(36(26-44)29-3-5-32(45)6-4-29)28-50-15-17-51(18-16-50)33-7-9-35(39(24-33)53-40-23-30-12-14-46-42(30)48-37(40)27-47-53)43(55)49-61(58,59)34-8-10-38(41(25-34)54(56)57)52-19-21-60-22-20-52/h3-10,12,14,23-25,27,47H,11,13,15-22,26,28H2,1-2H3,(H,49,55). The number of pyridine rings is 1. The Morgan fingerprint density at radius 2 is 1.72 bits per heavy atom. The van der Waals surface area contributed by atoms with Gasteiger partial charge in [0.05, 0.1) is 39.8 Å². The zero-order chi connectivity index (χ0) is 42.5. The number of ether oxygens (including phenoxy) is 1. The van der Waals surface area contributed by atoms with E-state index in [0.29, 0.717) is 48.7 Å². The van der Waals surface area contributed by atoms with Crippen molar-refractivity contribution in [3.05, 3.63) is 117 Å². The molecule has 9 rings (SSSR count). The molecule has 2 saturated heterocycles. The van der Waals surface area contributed by atoms with Crippen LogP contribution in [0.25, 0.3) is 33.3 Å². The first kappa shape index (κ1) is 40.6. The molecule has 6 aromatic rings. The molecule has 0 bridgehead atoms. The fraction of sp³-hybridized carbons (Fsp3) is 0.341. The van der Waals surface area contributed by atoms with E-state index in [9.17, 15) is 23.3 Å². The number of fused-ring (bicyclic) bond motifs is 2. The number of benzene rings is 3. The van der Waals surface area contributed by atoms with Crippen LogP contribution < -0.4 is 14.5 Å². The number of allylic oxidation sites excluding steroid dienone is 1. The first-order valence-corrected chi connectivity index (χ1v) is 22.3. The van der Waals surface area contributed by atoms with E-state index in [1.54, 1.807) is 28.0 Å². The molecular formula is C44H46ClN9O6S. The number of sulfonamides is 1. The summed E-state index contributed by atoms with van der Waals surface area (Å²) in [5.41, 5.74) is 7.44. The van der Waals surface area contributed by atoms with Crippen molar-refractivity contribution in [3.8, 4) is 5.69 Å². The summed E-state index contributed by atoms with van der Waals surface area (Å²) in [5, 5.41) is 16.9. The van der Waals surface area contributed by atoms with Crippen LogP contribution in [-0.4, -0.2) is 103 Å². The van der Waals surface area contributed by atoms with Crippen LogP contribution in [0, 0.1) is 15.5 Å².